The first kappa shape index (κ1) is 13.9. The largest absolute Gasteiger partial charge is 0.482 e. The normalized spacial score (nSPS) is 12.5. The standard InChI is InChI=1S/C16H16ClN3O/c17-13-10-15(16-19-8-9-20(16)11-13)21-14(6-7-18)12-4-2-1-3-5-12/h1-5,8-11,14H,6-7,18H2/t14-/m1/s1. The molecule has 0 spiro atoms. The van der Waals surface area contributed by atoms with E-state index in [-0.39, 0.29) is 6.10 Å². The molecular formula is C16H16ClN3O. The van der Waals surface area contributed by atoms with Crippen LogP contribution in [0.1, 0.15) is 18.1 Å². The molecule has 0 bridgehead atoms. The van der Waals surface area contributed by atoms with Crippen LogP contribution in [-0.4, -0.2) is 15.9 Å². The van der Waals surface area contributed by atoms with Gasteiger partial charge in [-0.2, -0.15) is 0 Å². The Kier molecular flexibility index (Phi) is 4.08. The number of ether oxygens (including phenoxy) is 1. The van der Waals surface area contributed by atoms with Crippen LogP contribution in [0.25, 0.3) is 5.65 Å². The van der Waals surface area contributed by atoms with Crippen LogP contribution in [0.4, 0.5) is 0 Å². The zero-order chi connectivity index (χ0) is 14.7. The summed E-state index contributed by atoms with van der Waals surface area (Å²) in [7, 11) is 0. The third-order valence-corrected chi connectivity index (χ3v) is 3.50. The highest BCUT2D eigenvalue weighted by molar-refractivity contribution is 6.30. The van der Waals surface area contributed by atoms with E-state index in [9.17, 15) is 0 Å². The number of fused-ring (bicyclic) bond motifs is 1. The summed E-state index contributed by atoms with van der Waals surface area (Å²) in [5.41, 5.74) is 7.55. The van der Waals surface area contributed by atoms with Gasteiger partial charge >= 0.3 is 0 Å². The molecule has 4 nitrogen and oxygen atoms in total. The van der Waals surface area contributed by atoms with E-state index >= 15 is 0 Å². The van der Waals surface area contributed by atoms with E-state index in [0.29, 0.717) is 17.3 Å². The monoisotopic (exact) mass is 301 g/mol. The van der Waals surface area contributed by atoms with Gasteiger partial charge in [-0.1, -0.05) is 41.9 Å². The van der Waals surface area contributed by atoms with Crippen molar-refractivity contribution in [2.24, 2.45) is 5.73 Å². The van der Waals surface area contributed by atoms with Crippen molar-refractivity contribution in [1.29, 1.82) is 0 Å². The highest BCUT2D eigenvalue weighted by atomic mass is 35.5. The summed E-state index contributed by atoms with van der Waals surface area (Å²) in [5, 5.41) is 0.607. The first-order valence-electron chi connectivity index (χ1n) is 6.82. The number of pyridine rings is 1. The lowest BCUT2D eigenvalue weighted by Crippen LogP contribution is -2.13. The second kappa shape index (κ2) is 6.16. The van der Waals surface area contributed by atoms with Crippen LogP contribution in [0.2, 0.25) is 5.02 Å². The summed E-state index contributed by atoms with van der Waals surface area (Å²) in [6.45, 7) is 0.546. The Morgan fingerprint density at radius 2 is 2.10 bits per heavy atom. The Hall–Kier alpha value is -2.04. The van der Waals surface area contributed by atoms with E-state index in [4.69, 9.17) is 22.1 Å². The lowest BCUT2D eigenvalue weighted by molar-refractivity contribution is 0.199. The molecule has 0 amide bonds. The van der Waals surface area contributed by atoms with Gasteiger partial charge in [0.15, 0.2) is 11.4 Å². The number of hydrogen-bond acceptors (Lipinski definition) is 3. The average molecular weight is 302 g/mol. The van der Waals surface area contributed by atoms with Crippen molar-refractivity contribution in [2.75, 3.05) is 6.54 Å². The number of aromatic nitrogens is 2. The van der Waals surface area contributed by atoms with Crippen LogP contribution in [0.5, 0.6) is 5.75 Å². The number of nitrogens with two attached hydrogens (primary N) is 1. The Balaban J connectivity index is 1.96. The molecule has 21 heavy (non-hydrogen) atoms. The van der Waals surface area contributed by atoms with Crippen LogP contribution in [-0.2, 0) is 0 Å². The molecule has 0 unspecified atom stereocenters. The van der Waals surface area contributed by atoms with Crippen molar-refractivity contribution in [3.63, 3.8) is 0 Å². The maximum Gasteiger partial charge on any atom is 0.179 e. The van der Waals surface area contributed by atoms with Gasteiger partial charge in [-0.25, -0.2) is 4.98 Å². The molecule has 0 saturated carbocycles. The zero-order valence-corrected chi connectivity index (χ0v) is 12.2. The zero-order valence-electron chi connectivity index (χ0n) is 11.4. The minimum absolute atomic E-state index is 0.116. The molecule has 0 aliphatic heterocycles. The summed E-state index contributed by atoms with van der Waals surface area (Å²) < 4.78 is 7.99. The highest BCUT2D eigenvalue weighted by Crippen LogP contribution is 2.29. The van der Waals surface area contributed by atoms with Gasteiger partial charge in [-0.15, -0.1) is 0 Å². The quantitative estimate of drug-likeness (QED) is 0.785. The summed E-state index contributed by atoms with van der Waals surface area (Å²) in [6.07, 6.45) is 5.98. The molecule has 3 aromatic rings. The topological polar surface area (TPSA) is 52.5 Å². The van der Waals surface area contributed by atoms with E-state index in [2.05, 4.69) is 4.98 Å². The molecule has 0 aliphatic carbocycles. The molecule has 0 saturated heterocycles. The van der Waals surface area contributed by atoms with Crippen LogP contribution >= 0.6 is 11.6 Å². The number of halogens is 1. The molecule has 2 N–H and O–H groups in total. The summed E-state index contributed by atoms with van der Waals surface area (Å²) in [4.78, 5) is 4.31. The van der Waals surface area contributed by atoms with Crippen molar-refractivity contribution in [2.45, 2.75) is 12.5 Å². The van der Waals surface area contributed by atoms with Gasteiger partial charge < -0.3 is 14.9 Å². The lowest BCUT2D eigenvalue weighted by atomic mass is 10.1. The third kappa shape index (κ3) is 3.01. The maximum atomic E-state index is 6.15. The minimum atomic E-state index is -0.116. The molecule has 0 radical (unpaired) electrons. The summed E-state index contributed by atoms with van der Waals surface area (Å²) in [5.74, 6) is 0.662. The number of rotatable bonds is 5. The molecule has 1 atom stereocenters. The molecule has 5 heteroatoms. The predicted molar refractivity (Wildman–Crippen MR) is 83.7 cm³/mol. The first-order valence-corrected chi connectivity index (χ1v) is 7.19. The predicted octanol–water partition coefficient (Wildman–Crippen LogP) is 3.46. The second-order valence-electron chi connectivity index (χ2n) is 4.78. The SMILES string of the molecule is NCC[C@@H](Oc1cc(Cl)cn2ccnc12)c1ccccc1. The Morgan fingerprint density at radius 3 is 2.86 bits per heavy atom. The van der Waals surface area contributed by atoms with Crippen molar-refractivity contribution in [3.05, 3.63) is 65.6 Å². The van der Waals surface area contributed by atoms with Crippen LogP contribution in [0.3, 0.4) is 0 Å². The smallest absolute Gasteiger partial charge is 0.179 e. The van der Waals surface area contributed by atoms with Crippen molar-refractivity contribution >= 4 is 17.2 Å². The fourth-order valence-electron chi connectivity index (χ4n) is 2.32. The van der Waals surface area contributed by atoms with Crippen LogP contribution in [0.15, 0.2) is 55.0 Å². The summed E-state index contributed by atoms with van der Waals surface area (Å²) in [6, 6.07) is 11.8. The van der Waals surface area contributed by atoms with Crippen LogP contribution in [0, 0.1) is 0 Å². The second-order valence-corrected chi connectivity index (χ2v) is 5.21. The van der Waals surface area contributed by atoms with Gasteiger partial charge in [-0.05, 0) is 12.1 Å². The highest BCUT2D eigenvalue weighted by Gasteiger charge is 2.15. The minimum Gasteiger partial charge on any atom is -0.482 e. The number of nitrogens with zero attached hydrogens (tertiary/aromatic N) is 2. The summed E-state index contributed by atoms with van der Waals surface area (Å²) >= 11 is 6.13. The van der Waals surface area contributed by atoms with E-state index in [1.165, 1.54) is 0 Å². The molecule has 0 aliphatic rings. The van der Waals surface area contributed by atoms with Gasteiger partial charge in [0.05, 0.1) is 5.02 Å². The van der Waals surface area contributed by atoms with Crippen molar-refractivity contribution in [1.82, 2.24) is 9.38 Å². The average Bonchev–Trinajstić information content (AvgIpc) is 2.96. The van der Waals surface area contributed by atoms with Gasteiger partial charge in [0, 0.05) is 31.1 Å². The van der Waals surface area contributed by atoms with Crippen LogP contribution < -0.4 is 10.5 Å². The van der Waals surface area contributed by atoms with Gasteiger partial charge in [0.2, 0.25) is 0 Å². The Bertz CT molecular complexity index is 727. The lowest BCUT2D eigenvalue weighted by Gasteiger charge is -2.19. The number of imidazole rings is 1. The molecule has 1 aromatic carbocycles. The molecule has 108 valence electrons. The third-order valence-electron chi connectivity index (χ3n) is 3.29. The van der Waals surface area contributed by atoms with Gasteiger partial charge in [0.25, 0.3) is 0 Å². The molecule has 3 rings (SSSR count). The fourth-order valence-corrected chi connectivity index (χ4v) is 2.52. The van der Waals surface area contributed by atoms with Crippen molar-refractivity contribution in [3.8, 4) is 5.75 Å². The van der Waals surface area contributed by atoms with E-state index in [1.807, 2.05) is 40.9 Å². The van der Waals surface area contributed by atoms with Gasteiger partial charge in [0.1, 0.15) is 6.10 Å². The molecule has 2 aromatic heterocycles. The fraction of sp³-hybridized carbons (Fsp3) is 0.188. The first-order chi connectivity index (χ1) is 10.3. The van der Waals surface area contributed by atoms with E-state index in [1.54, 1.807) is 18.5 Å². The van der Waals surface area contributed by atoms with E-state index < -0.39 is 0 Å². The van der Waals surface area contributed by atoms with E-state index in [0.717, 1.165) is 17.6 Å². The van der Waals surface area contributed by atoms with Crippen molar-refractivity contribution < 1.29 is 4.74 Å². The maximum absolute atomic E-state index is 6.15. The Labute approximate surface area is 128 Å². The number of benzene rings is 1. The van der Waals surface area contributed by atoms with Gasteiger partial charge in [-0.3, -0.25) is 0 Å². The molecule has 2 heterocycles. The number of hydrogen-bond donors (Lipinski definition) is 1. The molecular weight excluding hydrogens is 286 g/mol. The molecule has 0 fully saturated rings. The Morgan fingerprint density at radius 1 is 1.29 bits per heavy atom.